The topological polar surface area (TPSA) is 118 Å². The van der Waals surface area contributed by atoms with E-state index in [2.05, 4.69) is 20.5 Å². The highest BCUT2D eigenvalue weighted by atomic mass is 32.2. The second kappa shape index (κ2) is 9.43. The fourth-order valence-electron chi connectivity index (χ4n) is 3.80. The SMILES string of the molecule is Cc1c(C(F)(F)F)nnc(Oc2ccc(C3(C(F)(F)F)CC3)nc2F)c1C(=O)Nc1cccc(S(C)(=N)=O)c1. The number of hydrogen-bond acceptors (Lipinski definition) is 7. The Morgan fingerprint density at radius 1 is 1.10 bits per heavy atom. The normalized spacial score (nSPS) is 16.3. The number of nitrogens with zero attached hydrogens (tertiary/aromatic N) is 3. The van der Waals surface area contributed by atoms with Crippen LogP contribution in [0.2, 0.25) is 0 Å². The number of pyridine rings is 1. The molecule has 1 aliphatic carbocycles. The molecule has 4 rings (SSSR count). The first-order valence-corrected chi connectivity index (χ1v) is 12.9. The van der Waals surface area contributed by atoms with Gasteiger partial charge in [0, 0.05) is 16.8 Å². The molecule has 208 valence electrons. The summed E-state index contributed by atoms with van der Waals surface area (Å²) in [5.74, 6) is -4.39. The van der Waals surface area contributed by atoms with Gasteiger partial charge in [-0.2, -0.15) is 30.7 Å². The number of ether oxygens (including phenoxy) is 1. The van der Waals surface area contributed by atoms with Crippen LogP contribution in [0, 0.1) is 17.7 Å². The van der Waals surface area contributed by atoms with E-state index >= 15 is 0 Å². The molecule has 8 nitrogen and oxygen atoms in total. The van der Waals surface area contributed by atoms with Gasteiger partial charge in [0.15, 0.2) is 11.4 Å². The van der Waals surface area contributed by atoms with Gasteiger partial charge >= 0.3 is 12.4 Å². The average molecular weight is 577 g/mol. The van der Waals surface area contributed by atoms with Gasteiger partial charge in [0.2, 0.25) is 0 Å². The monoisotopic (exact) mass is 577 g/mol. The van der Waals surface area contributed by atoms with E-state index in [0.29, 0.717) is 0 Å². The van der Waals surface area contributed by atoms with Crippen molar-refractivity contribution in [3.63, 3.8) is 0 Å². The van der Waals surface area contributed by atoms with E-state index in [1.165, 1.54) is 24.3 Å². The minimum atomic E-state index is -5.03. The van der Waals surface area contributed by atoms with Crippen LogP contribution in [-0.2, 0) is 21.3 Å². The zero-order valence-electron chi connectivity index (χ0n) is 20.0. The maximum Gasteiger partial charge on any atom is 0.435 e. The van der Waals surface area contributed by atoms with Crippen molar-refractivity contribution in [1.29, 1.82) is 4.78 Å². The van der Waals surface area contributed by atoms with E-state index in [-0.39, 0.29) is 23.4 Å². The van der Waals surface area contributed by atoms with Gasteiger partial charge < -0.3 is 10.1 Å². The van der Waals surface area contributed by atoms with Crippen LogP contribution < -0.4 is 10.1 Å². The Bertz CT molecular complexity index is 1570. The third-order valence-corrected chi connectivity index (χ3v) is 7.18. The first-order valence-electron chi connectivity index (χ1n) is 11.0. The zero-order chi connectivity index (χ0) is 29.0. The highest BCUT2D eigenvalue weighted by molar-refractivity contribution is 7.91. The minimum absolute atomic E-state index is 0.0258. The van der Waals surface area contributed by atoms with Crippen LogP contribution >= 0.6 is 0 Å². The molecule has 0 aliphatic heterocycles. The minimum Gasteiger partial charge on any atom is -0.432 e. The van der Waals surface area contributed by atoms with Crippen molar-refractivity contribution in [1.82, 2.24) is 15.2 Å². The standard InChI is InChI=1S/C23H18F7N5O3S/c1-11-16(19(36)32-12-4-3-5-13(10-12)39(2,31)37)20(35-34-17(11)22(25,26)27)38-14-6-7-15(33-18(14)24)21(8-9-21)23(28,29)30/h3-7,10,31H,8-9H2,1-2H3,(H,32,36). The zero-order valence-corrected chi connectivity index (χ0v) is 20.8. The molecule has 39 heavy (non-hydrogen) atoms. The molecule has 0 saturated heterocycles. The maximum atomic E-state index is 14.7. The molecule has 3 aromatic rings. The summed E-state index contributed by atoms with van der Waals surface area (Å²) in [7, 11) is -3.20. The van der Waals surface area contributed by atoms with Crippen molar-refractivity contribution >= 4 is 21.3 Å². The molecule has 1 unspecified atom stereocenters. The Kier molecular flexibility index (Phi) is 6.82. The Hall–Kier alpha value is -3.82. The summed E-state index contributed by atoms with van der Waals surface area (Å²) in [6.45, 7) is 0.899. The van der Waals surface area contributed by atoms with Crippen molar-refractivity contribution in [3.8, 4) is 11.6 Å². The molecule has 2 heterocycles. The van der Waals surface area contributed by atoms with E-state index in [9.17, 15) is 39.7 Å². The molecule has 0 spiro atoms. The number of carbonyl (C=O) groups is 1. The molecule has 1 aliphatic rings. The first kappa shape index (κ1) is 28.2. The van der Waals surface area contributed by atoms with Crippen LogP contribution in [0.5, 0.6) is 11.6 Å². The highest BCUT2D eigenvalue weighted by Gasteiger charge is 2.65. The summed E-state index contributed by atoms with van der Waals surface area (Å²) >= 11 is 0. The van der Waals surface area contributed by atoms with E-state index in [1.54, 1.807) is 0 Å². The van der Waals surface area contributed by atoms with Gasteiger partial charge in [0.25, 0.3) is 17.7 Å². The van der Waals surface area contributed by atoms with Gasteiger partial charge in [-0.25, -0.2) is 14.0 Å². The number of hydrogen-bond donors (Lipinski definition) is 2. The predicted octanol–water partition coefficient (Wildman–Crippen LogP) is 6.01. The lowest BCUT2D eigenvalue weighted by Gasteiger charge is -2.19. The summed E-state index contributed by atoms with van der Waals surface area (Å²) in [5, 5.41) is 8.61. The summed E-state index contributed by atoms with van der Waals surface area (Å²) in [6.07, 6.45) is -9.15. The number of amides is 1. The summed E-state index contributed by atoms with van der Waals surface area (Å²) in [6, 6.07) is 6.88. The van der Waals surface area contributed by atoms with Gasteiger partial charge in [-0.3, -0.25) is 4.79 Å². The van der Waals surface area contributed by atoms with Crippen molar-refractivity contribution in [2.45, 2.75) is 42.4 Å². The lowest BCUT2D eigenvalue weighted by atomic mass is 10.0. The van der Waals surface area contributed by atoms with Gasteiger partial charge in [-0.15, -0.1) is 10.2 Å². The Labute approximate surface area is 216 Å². The number of nitrogens with one attached hydrogen (secondary N) is 2. The highest BCUT2D eigenvalue weighted by Crippen LogP contribution is 2.58. The number of rotatable bonds is 6. The van der Waals surface area contributed by atoms with Gasteiger partial charge in [-0.1, -0.05) is 6.07 Å². The first-order chi connectivity index (χ1) is 17.9. The molecular formula is C23H18F7N5O3S. The van der Waals surface area contributed by atoms with E-state index < -0.39 is 73.5 Å². The summed E-state index contributed by atoms with van der Waals surface area (Å²) in [5.41, 5.74) is -5.99. The largest absolute Gasteiger partial charge is 0.435 e. The lowest BCUT2D eigenvalue weighted by Crippen LogP contribution is -2.29. The number of halogens is 7. The van der Waals surface area contributed by atoms with Crippen LogP contribution in [0.15, 0.2) is 41.3 Å². The van der Waals surface area contributed by atoms with Gasteiger partial charge in [0.05, 0.1) is 15.4 Å². The Morgan fingerprint density at radius 2 is 1.77 bits per heavy atom. The van der Waals surface area contributed by atoms with Crippen molar-refractivity contribution in [3.05, 3.63) is 64.9 Å². The fourth-order valence-corrected chi connectivity index (χ4v) is 4.49. The average Bonchev–Trinajstić information content (AvgIpc) is 3.61. The molecule has 1 amide bonds. The lowest BCUT2D eigenvalue weighted by molar-refractivity contribution is -0.161. The molecule has 2 N–H and O–H groups in total. The van der Waals surface area contributed by atoms with E-state index in [1.807, 2.05) is 0 Å². The molecule has 0 bridgehead atoms. The van der Waals surface area contributed by atoms with Gasteiger partial charge in [-0.05, 0) is 55.7 Å². The number of alkyl halides is 6. The summed E-state index contributed by atoms with van der Waals surface area (Å²) < 4.78 is 120. The van der Waals surface area contributed by atoms with Crippen molar-refractivity contribution < 1.29 is 44.5 Å². The number of benzene rings is 1. The summed E-state index contributed by atoms with van der Waals surface area (Å²) in [4.78, 5) is 16.5. The number of aromatic nitrogens is 3. The molecule has 1 fully saturated rings. The smallest absolute Gasteiger partial charge is 0.432 e. The van der Waals surface area contributed by atoms with Crippen LogP contribution in [0.1, 0.15) is 40.2 Å². The van der Waals surface area contributed by atoms with Gasteiger partial charge in [0.1, 0.15) is 11.0 Å². The molecule has 16 heteroatoms. The van der Waals surface area contributed by atoms with Crippen LogP contribution in [0.4, 0.5) is 36.4 Å². The number of anilines is 1. The molecule has 1 aromatic carbocycles. The molecular weight excluding hydrogens is 559 g/mol. The van der Waals surface area contributed by atoms with Crippen LogP contribution in [0.3, 0.4) is 0 Å². The third-order valence-electron chi connectivity index (χ3n) is 6.03. The number of carbonyl (C=O) groups excluding carboxylic acids is 1. The van der Waals surface area contributed by atoms with E-state index in [0.717, 1.165) is 25.3 Å². The van der Waals surface area contributed by atoms with Crippen molar-refractivity contribution in [2.24, 2.45) is 0 Å². The quantitative estimate of drug-likeness (QED) is 0.274. The maximum absolute atomic E-state index is 14.7. The van der Waals surface area contributed by atoms with Crippen molar-refractivity contribution in [2.75, 3.05) is 11.6 Å². The third kappa shape index (κ3) is 5.51. The molecule has 1 saturated carbocycles. The second-order valence-electron chi connectivity index (χ2n) is 8.84. The van der Waals surface area contributed by atoms with Crippen LogP contribution in [-0.4, -0.2) is 37.7 Å². The fraction of sp³-hybridized carbons (Fsp3) is 0.304. The molecule has 0 radical (unpaired) electrons. The molecule has 2 aromatic heterocycles. The predicted molar refractivity (Wildman–Crippen MR) is 122 cm³/mol. The Balaban J connectivity index is 1.73. The molecule has 1 atom stereocenters. The van der Waals surface area contributed by atoms with Crippen LogP contribution in [0.25, 0.3) is 0 Å². The van der Waals surface area contributed by atoms with E-state index in [4.69, 9.17) is 9.52 Å². The second-order valence-corrected chi connectivity index (χ2v) is 11.0. The Morgan fingerprint density at radius 3 is 2.31 bits per heavy atom.